The van der Waals surface area contributed by atoms with Gasteiger partial charge in [0.2, 0.25) is 0 Å². The summed E-state index contributed by atoms with van der Waals surface area (Å²) in [6, 6.07) is 4.13. The molecule has 1 aromatic carbocycles. The first-order valence-electron chi connectivity index (χ1n) is 3.66. The van der Waals surface area contributed by atoms with Crippen molar-refractivity contribution < 1.29 is 4.74 Å². The van der Waals surface area contributed by atoms with E-state index >= 15 is 0 Å². The normalized spacial score (nSPS) is 10.7. The summed E-state index contributed by atoms with van der Waals surface area (Å²) in [5.41, 5.74) is 0. The molecule has 0 spiro atoms. The fourth-order valence-electron chi connectivity index (χ4n) is 1.19. The van der Waals surface area contributed by atoms with E-state index in [1.54, 1.807) is 18.4 Å². The first-order valence-corrected chi connectivity index (χ1v) is 6.07. The van der Waals surface area contributed by atoms with Crippen molar-refractivity contribution in [1.29, 1.82) is 0 Å². The van der Waals surface area contributed by atoms with Crippen molar-refractivity contribution >= 4 is 56.6 Å². The molecule has 4 heteroatoms. The van der Waals surface area contributed by atoms with Crippen LogP contribution in [0, 0.1) is 3.57 Å². The summed E-state index contributed by atoms with van der Waals surface area (Å²) in [6.07, 6.45) is 0. The van der Waals surface area contributed by atoms with Crippen molar-refractivity contribution in [2.75, 3.05) is 7.11 Å². The number of benzene rings is 1. The van der Waals surface area contributed by atoms with Gasteiger partial charge in [-0.15, -0.1) is 24.0 Å². The van der Waals surface area contributed by atoms with Crippen LogP contribution in [0.1, 0.15) is 0 Å². The number of methoxy groups -OCH3 is 1. The van der Waals surface area contributed by atoms with Gasteiger partial charge in [-0.2, -0.15) is 0 Å². The molecule has 0 bridgehead atoms. The fourth-order valence-corrected chi connectivity index (χ4v) is 3.15. The van der Waals surface area contributed by atoms with Crippen LogP contribution < -0.4 is 4.74 Å². The molecule has 0 radical (unpaired) electrons. The second-order valence-electron chi connectivity index (χ2n) is 2.58. The van der Waals surface area contributed by atoms with Crippen molar-refractivity contribution in [2.24, 2.45) is 0 Å². The first-order chi connectivity index (χ1) is 6.24. The Hall–Kier alpha value is 0.0600. The number of thiol groups is 1. The van der Waals surface area contributed by atoms with E-state index in [1.165, 1.54) is 8.27 Å². The molecular weight excluding hydrogens is 315 g/mol. The molecular formula is C9H7IOS2. The Labute approximate surface area is 99.6 Å². The van der Waals surface area contributed by atoms with Gasteiger partial charge in [0.15, 0.2) is 0 Å². The Kier molecular flexibility index (Phi) is 2.71. The van der Waals surface area contributed by atoms with Crippen LogP contribution in [0.25, 0.3) is 10.1 Å². The van der Waals surface area contributed by atoms with Crippen LogP contribution >= 0.6 is 46.6 Å². The zero-order valence-corrected chi connectivity index (χ0v) is 10.7. The average Bonchev–Trinajstić information content (AvgIpc) is 2.55. The largest absolute Gasteiger partial charge is 0.495 e. The van der Waals surface area contributed by atoms with Crippen LogP contribution in [0.4, 0.5) is 0 Å². The minimum absolute atomic E-state index is 0.937. The molecule has 2 rings (SSSR count). The summed E-state index contributed by atoms with van der Waals surface area (Å²) >= 11 is 8.42. The highest BCUT2D eigenvalue weighted by Gasteiger charge is 2.08. The van der Waals surface area contributed by atoms with Gasteiger partial charge in [0.05, 0.1) is 11.8 Å². The van der Waals surface area contributed by atoms with E-state index < -0.39 is 0 Å². The third kappa shape index (κ3) is 1.55. The molecule has 0 amide bonds. The maximum Gasteiger partial charge on any atom is 0.137 e. The topological polar surface area (TPSA) is 9.23 Å². The van der Waals surface area contributed by atoms with Crippen molar-refractivity contribution in [3.05, 3.63) is 21.1 Å². The molecule has 0 saturated heterocycles. The second kappa shape index (κ2) is 3.67. The van der Waals surface area contributed by atoms with Gasteiger partial charge in [0.1, 0.15) is 5.75 Å². The lowest BCUT2D eigenvalue weighted by Crippen LogP contribution is -1.80. The van der Waals surface area contributed by atoms with Crippen molar-refractivity contribution in [3.8, 4) is 5.75 Å². The van der Waals surface area contributed by atoms with Gasteiger partial charge in [-0.25, -0.2) is 0 Å². The van der Waals surface area contributed by atoms with Gasteiger partial charge in [-0.1, -0.05) is 0 Å². The Morgan fingerprint density at radius 1 is 1.46 bits per heavy atom. The highest BCUT2D eigenvalue weighted by atomic mass is 127. The second-order valence-corrected chi connectivity index (χ2v) is 5.07. The minimum Gasteiger partial charge on any atom is -0.495 e. The maximum atomic E-state index is 5.24. The molecule has 13 heavy (non-hydrogen) atoms. The van der Waals surface area contributed by atoms with Crippen LogP contribution in [0.15, 0.2) is 22.4 Å². The van der Waals surface area contributed by atoms with Gasteiger partial charge in [0, 0.05) is 19.2 Å². The predicted molar refractivity (Wildman–Crippen MR) is 68.3 cm³/mol. The van der Waals surface area contributed by atoms with Crippen LogP contribution in [-0.2, 0) is 0 Å². The minimum atomic E-state index is 0.937. The van der Waals surface area contributed by atoms with Gasteiger partial charge in [-0.05, 0) is 34.7 Å². The smallest absolute Gasteiger partial charge is 0.137 e. The molecule has 1 aromatic heterocycles. The van der Waals surface area contributed by atoms with Crippen LogP contribution in [0.5, 0.6) is 5.75 Å². The van der Waals surface area contributed by atoms with Crippen LogP contribution in [-0.4, -0.2) is 7.11 Å². The number of hydrogen-bond donors (Lipinski definition) is 1. The number of halogens is 1. The molecule has 2 aromatic rings. The standard InChI is InChI=1S/C9H7IOS2/c1-11-7-4-13-9-5(7)2-3-6(10)8(9)12/h2-4,12H,1H3. The van der Waals surface area contributed by atoms with E-state index in [9.17, 15) is 0 Å². The quantitative estimate of drug-likeness (QED) is 0.621. The zero-order valence-electron chi connectivity index (χ0n) is 6.87. The molecule has 1 nitrogen and oxygen atoms in total. The lowest BCUT2D eigenvalue weighted by molar-refractivity contribution is 0.421. The Morgan fingerprint density at radius 2 is 2.23 bits per heavy atom. The molecule has 68 valence electrons. The SMILES string of the molecule is COc1csc2c(S)c(I)ccc12. The third-order valence-corrected chi connectivity index (χ3v) is 4.78. The average molecular weight is 322 g/mol. The Bertz CT molecular complexity index is 450. The van der Waals surface area contributed by atoms with Gasteiger partial charge in [0.25, 0.3) is 0 Å². The van der Waals surface area contributed by atoms with Crippen molar-refractivity contribution in [1.82, 2.24) is 0 Å². The number of hydrogen-bond acceptors (Lipinski definition) is 3. The number of rotatable bonds is 1. The Morgan fingerprint density at radius 3 is 2.92 bits per heavy atom. The van der Waals surface area contributed by atoms with Gasteiger partial charge >= 0.3 is 0 Å². The summed E-state index contributed by atoms with van der Waals surface area (Å²) in [7, 11) is 1.69. The van der Waals surface area contributed by atoms with Crippen LogP contribution in [0.3, 0.4) is 0 Å². The summed E-state index contributed by atoms with van der Waals surface area (Å²) in [4.78, 5) is 1.05. The monoisotopic (exact) mass is 322 g/mol. The predicted octanol–water partition coefficient (Wildman–Crippen LogP) is 3.80. The lowest BCUT2D eigenvalue weighted by atomic mass is 10.2. The molecule has 0 N–H and O–H groups in total. The van der Waals surface area contributed by atoms with E-state index in [0.717, 1.165) is 16.0 Å². The van der Waals surface area contributed by atoms with E-state index in [4.69, 9.17) is 4.74 Å². The highest BCUT2D eigenvalue weighted by molar-refractivity contribution is 14.1. The van der Waals surface area contributed by atoms with Crippen LogP contribution in [0.2, 0.25) is 0 Å². The van der Waals surface area contributed by atoms with Crippen molar-refractivity contribution in [2.45, 2.75) is 4.90 Å². The van der Waals surface area contributed by atoms with Gasteiger partial charge in [-0.3, -0.25) is 0 Å². The van der Waals surface area contributed by atoms with E-state index in [2.05, 4.69) is 47.4 Å². The Balaban J connectivity index is 2.81. The van der Waals surface area contributed by atoms with Crippen molar-refractivity contribution in [3.63, 3.8) is 0 Å². The lowest BCUT2D eigenvalue weighted by Gasteiger charge is -1.99. The summed E-state index contributed by atoms with van der Waals surface area (Å²) in [5, 5.41) is 3.17. The molecule has 0 fully saturated rings. The summed E-state index contributed by atoms with van der Waals surface area (Å²) < 4.78 is 7.62. The van der Waals surface area contributed by atoms with E-state index in [0.29, 0.717) is 0 Å². The molecule has 0 aliphatic rings. The summed E-state index contributed by atoms with van der Waals surface area (Å²) in [5.74, 6) is 0.937. The van der Waals surface area contributed by atoms with E-state index in [-0.39, 0.29) is 0 Å². The molecule has 0 atom stereocenters. The third-order valence-electron chi connectivity index (χ3n) is 1.85. The molecule has 1 heterocycles. The number of thiophene rings is 1. The maximum absolute atomic E-state index is 5.24. The fraction of sp³-hybridized carbons (Fsp3) is 0.111. The molecule has 0 unspecified atom stereocenters. The number of fused-ring (bicyclic) bond motifs is 1. The van der Waals surface area contributed by atoms with Gasteiger partial charge < -0.3 is 4.74 Å². The molecule has 0 aliphatic heterocycles. The zero-order chi connectivity index (χ0) is 9.42. The first kappa shape index (κ1) is 9.61. The molecule has 0 saturated carbocycles. The number of ether oxygens (including phenoxy) is 1. The van der Waals surface area contributed by atoms with E-state index in [1.807, 2.05) is 5.38 Å². The highest BCUT2D eigenvalue weighted by Crippen LogP contribution is 2.37. The molecule has 0 aliphatic carbocycles. The summed E-state index contributed by atoms with van der Waals surface area (Å²) in [6.45, 7) is 0.